The van der Waals surface area contributed by atoms with Gasteiger partial charge in [-0.1, -0.05) is 11.6 Å². The molecule has 1 atom stereocenters. The number of nitrogens with one attached hydrogen (secondary N) is 1. The molecule has 3 fully saturated rings. The number of carbonyl (C=O) groups excluding carboxylic acids is 6. The van der Waals surface area contributed by atoms with Crippen molar-refractivity contribution in [3.63, 3.8) is 0 Å². The SMILES string of the molecule is CCn1c2c(c3ccc(OCC(=O)N4CCN(c5ccc(C(=O)NC6CCC(N(C)c7ccc(C#N)c(Cl)c7)CC6)nn5)CC4)cc31)C(=O)N(C1CCC(=O)N(CO)C1=O)C2=O. The van der Waals surface area contributed by atoms with Crippen LogP contribution < -0.4 is 19.9 Å². The van der Waals surface area contributed by atoms with E-state index < -0.39 is 36.4 Å². The molecule has 4 aromatic rings. The number of imide groups is 2. The van der Waals surface area contributed by atoms with Crippen molar-refractivity contribution < 1.29 is 38.6 Å². The third-order valence-electron chi connectivity index (χ3n) is 12.4. The second-order valence-corrected chi connectivity index (χ2v) is 16.2. The van der Waals surface area contributed by atoms with E-state index in [1.807, 2.05) is 31.0 Å². The van der Waals surface area contributed by atoms with Gasteiger partial charge in [0.15, 0.2) is 18.1 Å². The number of anilines is 2. The first-order valence-corrected chi connectivity index (χ1v) is 21.0. The summed E-state index contributed by atoms with van der Waals surface area (Å²) in [6.07, 6.45) is 3.27. The number of halogens is 1. The van der Waals surface area contributed by atoms with Gasteiger partial charge in [-0.05, 0) is 81.5 Å². The number of fused-ring (bicyclic) bond motifs is 3. The fraction of sp³-hybridized carbons (Fsp3) is 0.419. The molecule has 5 heterocycles. The molecule has 1 saturated carbocycles. The Kier molecular flexibility index (Phi) is 11.8. The molecule has 8 rings (SSSR count). The lowest BCUT2D eigenvalue weighted by atomic mass is 9.90. The van der Waals surface area contributed by atoms with Gasteiger partial charge in [0.05, 0.1) is 21.7 Å². The number of hydrogen-bond donors (Lipinski definition) is 2. The maximum absolute atomic E-state index is 13.7. The predicted octanol–water partition coefficient (Wildman–Crippen LogP) is 2.94. The van der Waals surface area contributed by atoms with Crippen LogP contribution in [0.1, 0.15) is 82.3 Å². The molecule has 2 N–H and O–H groups in total. The quantitative estimate of drug-likeness (QED) is 0.208. The lowest BCUT2D eigenvalue weighted by molar-refractivity contribution is -0.156. The zero-order chi connectivity index (χ0) is 43.8. The molecular weight excluding hydrogens is 820 g/mol. The number of ether oxygens (including phenoxy) is 1. The van der Waals surface area contributed by atoms with E-state index >= 15 is 0 Å². The molecule has 0 spiro atoms. The molecule has 0 bridgehead atoms. The summed E-state index contributed by atoms with van der Waals surface area (Å²) in [4.78, 5) is 86.2. The van der Waals surface area contributed by atoms with Crippen molar-refractivity contribution in [2.45, 2.75) is 70.1 Å². The molecule has 322 valence electrons. The Bertz CT molecular complexity index is 2510. The van der Waals surface area contributed by atoms with Crippen LogP contribution in [0.2, 0.25) is 5.02 Å². The van der Waals surface area contributed by atoms with Gasteiger partial charge >= 0.3 is 0 Å². The molecule has 1 unspecified atom stereocenters. The summed E-state index contributed by atoms with van der Waals surface area (Å²) in [5.41, 5.74) is 2.46. The first-order chi connectivity index (χ1) is 29.9. The number of likely N-dealkylation sites (tertiary alicyclic amines) is 1. The van der Waals surface area contributed by atoms with E-state index in [9.17, 15) is 39.1 Å². The number of piperidine rings is 1. The maximum Gasteiger partial charge on any atom is 0.278 e. The number of carbonyl (C=O) groups is 6. The minimum absolute atomic E-state index is 0.0127. The lowest BCUT2D eigenvalue weighted by Gasteiger charge is -2.36. The molecule has 3 aliphatic heterocycles. The molecule has 6 amide bonds. The summed E-state index contributed by atoms with van der Waals surface area (Å²) in [6, 6.07) is 15.0. The van der Waals surface area contributed by atoms with Gasteiger partial charge in [-0.25, -0.2) is 0 Å². The number of rotatable bonds is 11. The molecule has 18 nitrogen and oxygen atoms in total. The second-order valence-electron chi connectivity index (χ2n) is 15.8. The molecule has 1 aliphatic carbocycles. The number of aromatic nitrogens is 3. The first kappa shape index (κ1) is 42.1. The largest absolute Gasteiger partial charge is 0.484 e. The molecule has 2 saturated heterocycles. The van der Waals surface area contributed by atoms with E-state index in [0.29, 0.717) is 70.7 Å². The highest BCUT2D eigenvalue weighted by Gasteiger charge is 2.49. The smallest absolute Gasteiger partial charge is 0.278 e. The standard InChI is InChI=1S/C43H45ClN10O8/c1-3-52-34-21-29(10-11-30(34)38-39(52)43(61)54(42(38)60)33-13-15-36(56)53(24-55)41(33)59)62-23-37(57)51-18-16-50(17-19-51)35-14-12-32(47-48-35)40(58)46-26-5-8-27(9-6-26)49(2)28-7-4-25(22-45)31(44)20-28/h4,7,10-12,14,20-21,26-27,33,55H,3,5-6,8-9,13,15-19,23-24H2,1-2H3,(H,46,58). The van der Waals surface area contributed by atoms with Crippen molar-refractivity contribution in [3.8, 4) is 11.8 Å². The Morgan fingerprint density at radius 3 is 2.39 bits per heavy atom. The van der Waals surface area contributed by atoms with Gasteiger partial charge in [-0.15, -0.1) is 10.2 Å². The van der Waals surface area contributed by atoms with E-state index in [0.717, 1.165) is 36.3 Å². The van der Waals surface area contributed by atoms with E-state index in [-0.39, 0.29) is 60.3 Å². The van der Waals surface area contributed by atoms with Gasteiger partial charge in [-0.2, -0.15) is 5.26 Å². The Balaban J connectivity index is 0.810. The zero-order valence-electron chi connectivity index (χ0n) is 34.3. The number of aryl methyl sites for hydroxylation is 1. The normalized spacial score (nSPS) is 20.4. The van der Waals surface area contributed by atoms with Crippen LogP contribution >= 0.6 is 11.6 Å². The van der Waals surface area contributed by atoms with Gasteiger partial charge in [0, 0.05) is 75.4 Å². The number of aliphatic hydroxyl groups excluding tert-OH is 1. The van der Waals surface area contributed by atoms with Gasteiger partial charge < -0.3 is 34.4 Å². The van der Waals surface area contributed by atoms with Gasteiger partial charge in [0.1, 0.15) is 30.3 Å². The van der Waals surface area contributed by atoms with E-state index in [4.69, 9.17) is 16.3 Å². The summed E-state index contributed by atoms with van der Waals surface area (Å²) in [5, 5.41) is 31.3. The van der Waals surface area contributed by atoms with E-state index in [2.05, 4.69) is 26.5 Å². The molecule has 0 radical (unpaired) electrons. The van der Waals surface area contributed by atoms with Crippen LogP contribution in [0.5, 0.6) is 5.75 Å². The average Bonchev–Trinajstić information content (AvgIpc) is 3.75. The highest BCUT2D eigenvalue weighted by Crippen LogP contribution is 2.38. The fourth-order valence-electron chi connectivity index (χ4n) is 8.93. The number of piperazine rings is 1. The molecule has 2 aromatic heterocycles. The molecule has 19 heteroatoms. The topological polar surface area (TPSA) is 215 Å². The zero-order valence-corrected chi connectivity index (χ0v) is 35.0. The number of amides is 6. The number of aliphatic hydroxyl groups is 1. The summed E-state index contributed by atoms with van der Waals surface area (Å²) in [7, 11) is 2.02. The minimum atomic E-state index is -1.20. The van der Waals surface area contributed by atoms with Crippen LogP contribution in [0, 0.1) is 11.3 Å². The van der Waals surface area contributed by atoms with Gasteiger partial charge in [-0.3, -0.25) is 38.6 Å². The summed E-state index contributed by atoms with van der Waals surface area (Å²) >= 11 is 6.25. The number of benzene rings is 2. The molecule has 2 aromatic carbocycles. The summed E-state index contributed by atoms with van der Waals surface area (Å²) in [5.74, 6) is -2.18. The Hall–Kier alpha value is -6.58. The van der Waals surface area contributed by atoms with Crippen LogP contribution in [-0.4, -0.2) is 135 Å². The first-order valence-electron chi connectivity index (χ1n) is 20.6. The molecule has 4 aliphatic rings. The Morgan fingerprint density at radius 2 is 1.73 bits per heavy atom. The van der Waals surface area contributed by atoms with Gasteiger partial charge in [0.2, 0.25) is 5.91 Å². The molecular formula is C43H45ClN10O8. The van der Waals surface area contributed by atoms with E-state index in [1.54, 1.807) is 45.9 Å². The maximum atomic E-state index is 13.7. The summed E-state index contributed by atoms with van der Waals surface area (Å²) in [6.45, 7) is 2.91. The third-order valence-corrected chi connectivity index (χ3v) is 12.7. The van der Waals surface area contributed by atoms with Crippen molar-refractivity contribution in [2.75, 3.05) is 56.4 Å². The number of nitrogens with zero attached hydrogens (tertiary/aromatic N) is 9. The second kappa shape index (κ2) is 17.4. The van der Waals surface area contributed by atoms with Crippen LogP contribution in [0.3, 0.4) is 0 Å². The number of hydrogen-bond acceptors (Lipinski definition) is 13. The predicted molar refractivity (Wildman–Crippen MR) is 224 cm³/mol. The Morgan fingerprint density at radius 1 is 0.968 bits per heavy atom. The van der Waals surface area contributed by atoms with Crippen LogP contribution in [0.15, 0.2) is 48.5 Å². The van der Waals surface area contributed by atoms with Crippen LogP contribution in [0.25, 0.3) is 10.9 Å². The van der Waals surface area contributed by atoms with Crippen LogP contribution in [0.4, 0.5) is 11.5 Å². The van der Waals surface area contributed by atoms with Gasteiger partial charge in [0.25, 0.3) is 29.5 Å². The highest BCUT2D eigenvalue weighted by atomic mass is 35.5. The minimum Gasteiger partial charge on any atom is -0.484 e. The average molecular weight is 865 g/mol. The van der Waals surface area contributed by atoms with E-state index in [1.165, 1.54) is 0 Å². The third kappa shape index (κ3) is 7.77. The van der Waals surface area contributed by atoms with Crippen molar-refractivity contribution in [3.05, 3.63) is 76.1 Å². The summed E-state index contributed by atoms with van der Waals surface area (Å²) < 4.78 is 7.59. The fourth-order valence-corrected chi connectivity index (χ4v) is 9.15. The Labute approximate surface area is 361 Å². The van der Waals surface area contributed by atoms with Crippen molar-refractivity contribution in [2.24, 2.45) is 0 Å². The lowest BCUT2D eigenvalue weighted by Crippen LogP contribution is -2.56. The molecule has 62 heavy (non-hydrogen) atoms. The van der Waals surface area contributed by atoms with Crippen molar-refractivity contribution >= 4 is 69.5 Å². The van der Waals surface area contributed by atoms with Crippen molar-refractivity contribution in [1.29, 1.82) is 5.26 Å². The van der Waals surface area contributed by atoms with Crippen LogP contribution in [-0.2, 0) is 20.9 Å². The number of nitriles is 1. The van der Waals surface area contributed by atoms with Crippen molar-refractivity contribution in [1.82, 2.24) is 34.8 Å². The monoisotopic (exact) mass is 864 g/mol. The highest BCUT2D eigenvalue weighted by molar-refractivity contribution is 6.32.